The number of benzene rings is 1. The predicted octanol–water partition coefficient (Wildman–Crippen LogP) is 3.89. The Labute approximate surface area is 161 Å². The Morgan fingerprint density at radius 1 is 1.26 bits per heavy atom. The van der Waals surface area contributed by atoms with Gasteiger partial charge in [0, 0.05) is 30.8 Å². The van der Waals surface area contributed by atoms with Gasteiger partial charge in [-0.15, -0.1) is 10.2 Å². The van der Waals surface area contributed by atoms with Gasteiger partial charge in [0.1, 0.15) is 5.82 Å². The molecular formula is C18H23N5O3S. The van der Waals surface area contributed by atoms with Gasteiger partial charge in [-0.3, -0.25) is 14.9 Å². The Morgan fingerprint density at radius 2 is 1.93 bits per heavy atom. The Kier molecular flexibility index (Phi) is 6.10. The summed E-state index contributed by atoms with van der Waals surface area (Å²) >= 11 is 1.36. The lowest BCUT2D eigenvalue weighted by molar-refractivity contribution is -0.384. The van der Waals surface area contributed by atoms with Gasteiger partial charge >= 0.3 is 0 Å². The number of amides is 1. The zero-order chi connectivity index (χ0) is 19.4. The highest BCUT2D eigenvalue weighted by Crippen LogP contribution is 2.33. The number of nitro groups is 1. The summed E-state index contributed by atoms with van der Waals surface area (Å²) in [7, 11) is 1.95. The van der Waals surface area contributed by atoms with Crippen molar-refractivity contribution in [3.8, 4) is 0 Å². The van der Waals surface area contributed by atoms with Crippen LogP contribution in [0.3, 0.4) is 0 Å². The summed E-state index contributed by atoms with van der Waals surface area (Å²) in [5, 5.41) is 22.5. The molecule has 27 heavy (non-hydrogen) atoms. The second-order valence-corrected chi connectivity index (χ2v) is 8.10. The quantitative estimate of drug-likeness (QED) is 0.457. The van der Waals surface area contributed by atoms with E-state index in [1.807, 2.05) is 11.6 Å². The van der Waals surface area contributed by atoms with E-state index in [-0.39, 0.29) is 16.8 Å². The van der Waals surface area contributed by atoms with Gasteiger partial charge in [-0.1, -0.05) is 31.0 Å². The largest absolute Gasteiger partial charge is 0.325 e. The fraction of sp³-hybridized carbons (Fsp3) is 0.500. The van der Waals surface area contributed by atoms with E-state index in [1.54, 1.807) is 6.92 Å². The zero-order valence-corrected chi connectivity index (χ0v) is 16.2. The summed E-state index contributed by atoms with van der Waals surface area (Å²) in [6.45, 7) is 1.81. The number of hydrogen-bond acceptors (Lipinski definition) is 6. The molecule has 1 aromatic heterocycles. The third kappa shape index (κ3) is 4.65. The molecule has 9 heteroatoms. The molecule has 1 atom stereocenters. The molecule has 1 saturated carbocycles. The maximum Gasteiger partial charge on any atom is 0.269 e. The van der Waals surface area contributed by atoms with Crippen LogP contribution in [0.25, 0.3) is 0 Å². The fourth-order valence-electron chi connectivity index (χ4n) is 3.27. The number of thioether (sulfide) groups is 1. The molecule has 1 heterocycles. The van der Waals surface area contributed by atoms with Gasteiger partial charge in [-0.25, -0.2) is 0 Å². The van der Waals surface area contributed by atoms with Gasteiger partial charge in [-0.05, 0) is 31.9 Å². The van der Waals surface area contributed by atoms with Crippen molar-refractivity contribution in [2.45, 2.75) is 55.4 Å². The molecule has 1 aromatic carbocycles. The van der Waals surface area contributed by atoms with Crippen molar-refractivity contribution in [3.05, 3.63) is 40.2 Å². The summed E-state index contributed by atoms with van der Waals surface area (Å²) in [5.74, 6) is 1.27. The number of carbonyl (C=O) groups excluding carboxylic acids is 1. The molecular weight excluding hydrogens is 366 g/mol. The molecule has 1 N–H and O–H groups in total. The van der Waals surface area contributed by atoms with Crippen LogP contribution in [0.1, 0.15) is 50.8 Å². The highest BCUT2D eigenvalue weighted by atomic mass is 32.2. The number of hydrogen-bond donors (Lipinski definition) is 1. The third-order valence-electron chi connectivity index (χ3n) is 4.84. The summed E-state index contributed by atoms with van der Waals surface area (Å²) in [4.78, 5) is 22.7. The highest BCUT2D eigenvalue weighted by Gasteiger charge is 2.24. The zero-order valence-electron chi connectivity index (χ0n) is 15.4. The first-order valence-electron chi connectivity index (χ1n) is 9.07. The first-order valence-corrected chi connectivity index (χ1v) is 9.95. The Morgan fingerprint density at radius 3 is 2.56 bits per heavy atom. The van der Waals surface area contributed by atoms with Crippen molar-refractivity contribution in [1.29, 1.82) is 0 Å². The molecule has 2 aromatic rings. The lowest BCUT2D eigenvalue weighted by atomic mass is 9.89. The molecule has 3 rings (SSSR count). The Balaban J connectivity index is 1.61. The van der Waals surface area contributed by atoms with Crippen molar-refractivity contribution in [1.82, 2.24) is 14.8 Å². The smallest absolute Gasteiger partial charge is 0.269 e. The van der Waals surface area contributed by atoms with Crippen LogP contribution in [0.15, 0.2) is 29.4 Å². The number of nitrogens with one attached hydrogen (secondary N) is 1. The minimum absolute atomic E-state index is 0.00949. The van der Waals surface area contributed by atoms with Gasteiger partial charge in [0.2, 0.25) is 5.91 Å². The van der Waals surface area contributed by atoms with Crippen LogP contribution in [0.2, 0.25) is 0 Å². The predicted molar refractivity (Wildman–Crippen MR) is 104 cm³/mol. The number of nitrogens with zero attached hydrogens (tertiary/aromatic N) is 4. The van der Waals surface area contributed by atoms with E-state index < -0.39 is 4.92 Å². The first kappa shape index (κ1) is 19.3. The van der Waals surface area contributed by atoms with E-state index in [0.29, 0.717) is 11.6 Å². The molecule has 144 valence electrons. The van der Waals surface area contributed by atoms with Crippen molar-refractivity contribution in [2.75, 3.05) is 5.32 Å². The molecule has 1 fully saturated rings. The minimum Gasteiger partial charge on any atom is -0.325 e. The summed E-state index contributed by atoms with van der Waals surface area (Å²) in [6, 6.07) is 5.78. The number of aromatic nitrogens is 3. The Bertz CT molecular complexity index is 815. The van der Waals surface area contributed by atoms with Gasteiger partial charge in [0.25, 0.3) is 5.69 Å². The van der Waals surface area contributed by atoms with Crippen LogP contribution in [-0.2, 0) is 11.8 Å². The molecule has 0 aliphatic heterocycles. The van der Waals surface area contributed by atoms with E-state index in [1.165, 1.54) is 55.3 Å². The summed E-state index contributed by atoms with van der Waals surface area (Å²) in [6.07, 6.45) is 6.04. The van der Waals surface area contributed by atoms with Crippen LogP contribution < -0.4 is 5.32 Å². The first-order chi connectivity index (χ1) is 13.0. The van der Waals surface area contributed by atoms with E-state index in [0.717, 1.165) is 23.8 Å². The molecule has 1 aliphatic carbocycles. The van der Waals surface area contributed by atoms with Gasteiger partial charge in [-0.2, -0.15) is 0 Å². The number of rotatable bonds is 6. The topological polar surface area (TPSA) is 103 Å². The molecule has 0 saturated heterocycles. The number of non-ortho nitro benzene ring substituents is 1. The van der Waals surface area contributed by atoms with E-state index in [4.69, 9.17) is 0 Å². The van der Waals surface area contributed by atoms with Crippen LogP contribution in [0.4, 0.5) is 11.4 Å². The van der Waals surface area contributed by atoms with Crippen LogP contribution in [0.5, 0.6) is 0 Å². The molecule has 8 nitrogen and oxygen atoms in total. The van der Waals surface area contributed by atoms with Crippen LogP contribution in [-0.4, -0.2) is 30.8 Å². The maximum atomic E-state index is 12.4. The maximum absolute atomic E-state index is 12.4. The lowest BCUT2D eigenvalue weighted by Crippen LogP contribution is -2.23. The molecule has 0 unspecified atom stereocenters. The number of nitro benzene ring substituents is 1. The average molecular weight is 389 g/mol. The van der Waals surface area contributed by atoms with E-state index in [2.05, 4.69) is 15.5 Å². The van der Waals surface area contributed by atoms with Crippen molar-refractivity contribution >= 4 is 29.0 Å². The molecule has 1 aliphatic rings. The number of carbonyl (C=O) groups is 1. The average Bonchev–Trinajstić information content (AvgIpc) is 3.03. The molecule has 0 bridgehead atoms. The summed E-state index contributed by atoms with van der Waals surface area (Å²) in [5.41, 5.74) is 0.517. The number of anilines is 1. The second-order valence-electron chi connectivity index (χ2n) is 6.79. The van der Waals surface area contributed by atoms with Gasteiger partial charge in [0.15, 0.2) is 5.16 Å². The molecule has 0 radical (unpaired) electrons. The monoisotopic (exact) mass is 389 g/mol. The standard InChI is InChI=1S/C18H23N5O3S/c1-12(17(24)19-14-8-10-15(11-9-14)23(25)26)27-18-21-20-16(22(18)2)13-6-4-3-5-7-13/h8-13H,3-7H2,1-2H3,(H,19,24)/t12-/m1/s1. The normalized spacial score (nSPS) is 16.1. The Hall–Kier alpha value is -2.42. The highest BCUT2D eigenvalue weighted by molar-refractivity contribution is 8.00. The molecule has 0 spiro atoms. The van der Waals surface area contributed by atoms with Gasteiger partial charge in [0.05, 0.1) is 10.2 Å². The van der Waals surface area contributed by atoms with Crippen LogP contribution in [0, 0.1) is 10.1 Å². The van der Waals surface area contributed by atoms with E-state index in [9.17, 15) is 14.9 Å². The van der Waals surface area contributed by atoms with Crippen molar-refractivity contribution < 1.29 is 9.72 Å². The van der Waals surface area contributed by atoms with Crippen molar-refractivity contribution in [3.63, 3.8) is 0 Å². The van der Waals surface area contributed by atoms with E-state index >= 15 is 0 Å². The van der Waals surface area contributed by atoms with Gasteiger partial charge < -0.3 is 9.88 Å². The van der Waals surface area contributed by atoms with Crippen molar-refractivity contribution in [2.24, 2.45) is 7.05 Å². The third-order valence-corrected chi connectivity index (χ3v) is 5.97. The lowest BCUT2D eigenvalue weighted by Gasteiger charge is -2.20. The molecule has 1 amide bonds. The van der Waals surface area contributed by atoms with Crippen LogP contribution >= 0.6 is 11.8 Å². The summed E-state index contributed by atoms with van der Waals surface area (Å²) < 4.78 is 2.00. The minimum atomic E-state index is -0.470. The SMILES string of the molecule is C[C@@H](Sc1nnc(C2CCCCC2)n1C)C(=O)Nc1ccc([N+](=O)[O-])cc1. The second kappa shape index (κ2) is 8.51. The fourth-order valence-corrected chi connectivity index (χ4v) is 4.09.